The van der Waals surface area contributed by atoms with Crippen LogP contribution in [0.1, 0.15) is 29.8 Å². The fourth-order valence-electron chi connectivity index (χ4n) is 2.66. The summed E-state index contributed by atoms with van der Waals surface area (Å²) < 4.78 is 0. The average molecular weight is 346 g/mol. The van der Waals surface area contributed by atoms with E-state index in [2.05, 4.69) is 39.2 Å². The van der Waals surface area contributed by atoms with Gasteiger partial charge in [0.2, 0.25) is 5.95 Å². The highest BCUT2D eigenvalue weighted by Crippen LogP contribution is 2.19. The molecule has 0 saturated heterocycles. The Hall–Kier alpha value is -3.21. The molecule has 0 aliphatic rings. The molecule has 0 spiro atoms. The molecule has 3 rings (SSSR count). The van der Waals surface area contributed by atoms with Gasteiger partial charge in [-0.2, -0.15) is 4.98 Å². The van der Waals surface area contributed by atoms with Crippen molar-refractivity contribution in [3.05, 3.63) is 78.0 Å². The van der Waals surface area contributed by atoms with Crippen molar-refractivity contribution in [1.29, 1.82) is 0 Å². The van der Waals surface area contributed by atoms with Crippen molar-refractivity contribution in [1.82, 2.24) is 9.97 Å². The Morgan fingerprint density at radius 1 is 1.08 bits per heavy atom. The molecule has 0 amide bonds. The fourth-order valence-corrected chi connectivity index (χ4v) is 2.66. The second-order valence-corrected chi connectivity index (χ2v) is 6.00. The summed E-state index contributed by atoms with van der Waals surface area (Å²) in [5.41, 5.74) is 2.71. The maximum atomic E-state index is 11.5. The summed E-state index contributed by atoms with van der Waals surface area (Å²) in [6, 6.07) is 19.5. The van der Waals surface area contributed by atoms with Crippen LogP contribution in [0.4, 0.5) is 17.5 Å². The van der Waals surface area contributed by atoms with Crippen LogP contribution in [0, 0.1) is 0 Å². The zero-order valence-corrected chi connectivity index (χ0v) is 15.0. The van der Waals surface area contributed by atoms with Gasteiger partial charge in [0.15, 0.2) is 5.78 Å². The summed E-state index contributed by atoms with van der Waals surface area (Å²) in [7, 11) is 0. The molecule has 0 aliphatic carbocycles. The Morgan fingerprint density at radius 3 is 2.62 bits per heavy atom. The van der Waals surface area contributed by atoms with Crippen LogP contribution >= 0.6 is 0 Å². The first-order valence-corrected chi connectivity index (χ1v) is 8.65. The molecule has 3 aromatic rings. The predicted octanol–water partition coefficient (Wildman–Crippen LogP) is 4.45. The van der Waals surface area contributed by atoms with Gasteiger partial charge >= 0.3 is 0 Å². The Morgan fingerprint density at radius 2 is 1.88 bits per heavy atom. The van der Waals surface area contributed by atoms with Crippen molar-refractivity contribution in [2.24, 2.45) is 0 Å². The van der Waals surface area contributed by atoms with Crippen LogP contribution in [0.3, 0.4) is 0 Å². The van der Waals surface area contributed by atoms with Gasteiger partial charge in [-0.25, -0.2) is 4.98 Å². The first-order valence-electron chi connectivity index (χ1n) is 8.65. The molecule has 0 atom stereocenters. The van der Waals surface area contributed by atoms with Gasteiger partial charge in [0.05, 0.1) is 0 Å². The van der Waals surface area contributed by atoms with Crippen molar-refractivity contribution in [2.75, 3.05) is 16.8 Å². The number of anilines is 3. The van der Waals surface area contributed by atoms with E-state index < -0.39 is 0 Å². The van der Waals surface area contributed by atoms with E-state index in [1.165, 1.54) is 5.56 Å². The Balaban J connectivity index is 1.78. The summed E-state index contributed by atoms with van der Waals surface area (Å²) in [6.07, 6.45) is 1.74. The predicted molar refractivity (Wildman–Crippen MR) is 105 cm³/mol. The van der Waals surface area contributed by atoms with Crippen LogP contribution < -0.4 is 10.2 Å². The third-order valence-electron chi connectivity index (χ3n) is 4.07. The van der Waals surface area contributed by atoms with Crippen LogP contribution in [-0.4, -0.2) is 22.3 Å². The second kappa shape index (κ2) is 8.25. The number of ketones is 1. The monoisotopic (exact) mass is 346 g/mol. The maximum absolute atomic E-state index is 11.5. The third kappa shape index (κ3) is 4.45. The molecule has 1 N–H and O–H groups in total. The second-order valence-electron chi connectivity index (χ2n) is 6.00. The molecule has 0 saturated carbocycles. The van der Waals surface area contributed by atoms with Crippen LogP contribution in [0.25, 0.3) is 0 Å². The van der Waals surface area contributed by atoms with E-state index in [4.69, 9.17) is 0 Å². The van der Waals surface area contributed by atoms with Gasteiger partial charge in [-0.05, 0) is 37.6 Å². The number of carbonyl (C=O) groups is 1. The Labute approximate surface area is 153 Å². The summed E-state index contributed by atoms with van der Waals surface area (Å²) in [5.74, 6) is 1.41. The largest absolute Gasteiger partial charge is 0.340 e. The molecule has 0 aliphatic heterocycles. The van der Waals surface area contributed by atoms with E-state index in [1.807, 2.05) is 42.5 Å². The molecule has 2 aromatic carbocycles. The quantitative estimate of drug-likeness (QED) is 0.641. The normalized spacial score (nSPS) is 10.4. The summed E-state index contributed by atoms with van der Waals surface area (Å²) in [6.45, 7) is 5.20. The number of carbonyl (C=O) groups excluding carboxylic acids is 1. The van der Waals surface area contributed by atoms with Gasteiger partial charge in [0.1, 0.15) is 5.82 Å². The molecular formula is C21H22N4O. The lowest BCUT2D eigenvalue weighted by molar-refractivity contribution is 0.101. The lowest BCUT2D eigenvalue weighted by Gasteiger charge is -2.21. The number of aromatic nitrogens is 2. The number of nitrogens with one attached hydrogen (secondary N) is 1. The van der Waals surface area contributed by atoms with Crippen LogP contribution in [0.2, 0.25) is 0 Å². The summed E-state index contributed by atoms with van der Waals surface area (Å²) in [4.78, 5) is 22.7. The molecule has 5 heteroatoms. The highest BCUT2D eigenvalue weighted by molar-refractivity contribution is 5.95. The number of rotatable bonds is 7. The number of nitrogens with zero attached hydrogens (tertiary/aromatic N) is 3. The molecule has 0 unspecified atom stereocenters. The highest BCUT2D eigenvalue weighted by atomic mass is 16.1. The van der Waals surface area contributed by atoms with Crippen LogP contribution in [0.15, 0.2) is 66.9 Å². The van der Waals surface area contributed by atoms with E-state index in [-0.39, 0.29) is 5.78 Å². The Kier molecular flexibility index (Phi) is 5.59. The van der Waals surface area contributed by atoms with Crippen molar-refractivity contribution in [2.45, 2.75) is 20.4 Å². The molecule has 132 valence electrons. The van der Waals surface area contributed by atoms with Crippen molar-refractivity contribution in [3.63, 3.8) is 0 Å². The highest BCUT2D eigenvalue weighted by Gasteiger charge is 2.09. The summed E-state index contributed by atoms with van der Waals surface area (Å²) in [5, 5.41) is 3.25. The zero-order valence-electron chi connectivity index (χ0n) is 15.0. The van der Waals surface area contributed by atoms with E-state index in [0.29, 0.717) is 17.3 Å². The molecule has 1 aromatic heterocycles. The van der Waals surface area contributed by atoms with Gasteiger partial charge in [0, 0.05) is 30.5 Å². The minimum atomic E-state index is 0.0389. The lowest BCUT2D eigenvalue weighted by atomic mass is 10.1. The van der Waals surface area contributed by atoms with E-state index >= 15 is 0 Å². The minimum Gasteiger partial charge on any atom is -0.340 e. The number of benzene rings is 2. The number of hydrogen-bond donors (Lipinski definition) is 1. The standard InChI is InChI=1S/C21H22N4O/c1-3-25(15-17-8-5-4-6-9-17)21-22-13-12-20(24-21)23-19-11-7-10-18(14-19)16(2)26/h4-14H,3,15H2,1-2H3,(H,22,23,24). The minimum absolute atomic E-state index is 0.0389. The van der Waals surface area contributed by atoms with Crippen LogP contribution in [-0.2, 0) is 6.54 Å². The van der Waals surface area contributed by atoms with E-state index in [0.717, 1.165) is 18.8 Å². The van der Waals surface area contributed by atoms with Gasteiger partial charge in [0.25, 0.3) is 0 Å². The van der Waals surface area contributed by atoms with Crippen molar-refractivity contribution >= 4 is 23.2 Å². The van der Waals surface area contributed by atoms with Crippen molar-refractivity contribution in [3.8, 4) is 0 Å². The van der Waals surface area contributed by atoms with Gasteiger partial charge in [-0.1, -0.05) is 42.5 Å². The third-order valence-corrected chi connectivity index (χ3v) is 4.07. The lowest BCUT2D eigenvalue weighted by Crippen LogP contribution is -2.24. The van der Waals surface area contributed by atoms with Crippen molar-refractivity contribution < 1.29 is 4.79 Å². The number of Topliss-reactive ketones (excluding diaryl/α,β-unsaturated/α-hetero) is 1. The Bertz CT molecular complexity index is 880. The first-order chi connectivity index (χ1) is 12.7. The average Bonchev–Trinajstić information content (AvgIpc) is 2.67. The van der Waals surface area contributed by atoms with Crippen LogP contribution in [0.5, 0.6) is 0 Å². The van der Waals surface area contributed by atoms with Gasteiger partial charge in [-0.3, -0.25) is 4.79 Å². The molecule has 5 nitrogen and oxygen atoms in total. The smallest absolute Gasteiger partial charge is 0.227 e. The van der Waals surface area contributed by atoms with E-state index in [9.17, 15) is 4.79 Å². The maximum Gasteiger partial charge on any atom is 0.227 e. The topological polar surface area (TPSA) is 58.1 Å². The zero-order chi connectivity index (χ0) is 18.4. The molecule has 26 heavy (non-hydrogen) atoms. The molecule has 0 radical (unpaired) electrons. The molecule has 0 bridgehead atoms. The fraction of sp³-hybridized carbons (Fsp3) is 0.190. The first kappa shape index (κ1) is 17.6. The summed E-state index contributed by atoms with van der Waals surface area (Å²) >= 11 is 0. The SMILES string of the molecule is CCN(Cc1ccccc1)c1nccc(Nc2cccc(C(C)=O)c2)n1. The van der Waals surface area contributed by atoms with Gasteiger partial charge in [-0.15, -0.1) is 0 Å². The molecule has 0 fully saturated rings. The van der Waals surface area contributed by atoms with E-state index in [1.54, 1.807) is 19.2 Å². The number of hydrogen-bond acceptors (Lipinski definition) is 5. The molecular weight excluding hydrogens is 324 g/mol. The molecule has 1 heterocycles. The van der Waals surface area contributed by atoms with Gasteiger partial charge < -0.3 is 10.2 Å².